The van der Waals surface area contributed by atoms with Crippen LogP contribution in [0.5, 0.6) is 0 Å². The summed E-state index contributed by atoms with van der Waals surface area (Å²) in [4.78, 5) is 4.45. The van der Waals surface area contributed by atoms with Crippen LogP contribution in [0.15, 0.2) is 29.3 Å². The lowest BCUT2D eigenvalue weighted by molar-refractivity contribution is 0.120. The molecule has 0 bridgehead atoms. The maximum absolute atomic E-state index is 13.6. The zero-order chi connectivity index (χ0) is 15.1. The summed E-state index contributed by atoms with van der Waals surface area (Å²) in [6.07, 6.45) is 3.35. The number of hydrogen-bond acceptors (Lipinski definition) is 2. The summed E-state index contributed by atoms with van der Waals surface area (Å²) in [7, 11) is 0. The summed E-state index contributed by atoms with van der Waals surface area (Å²) in [6.45, 7) is 3.08. The highest BCUT2D eigenvalue weighted by atomic mass is 19.1. The third kappa shape index (κ3) is 5.01. The Morgan fingerprint density at radius 3 is 2.67 bits per heavy atom. The second kappa shape index (κ2) is 7.98. The molecule has 5 heteroatoms. The molecule has 3 N–H and O–H groups in total. The number of nitrogens with one attached hydrogen (secondary N) is 2. The summed E-state index contributed by atoms with van der Waals surface area (Å²) in [5.41, 5.74) is 0.591. The minimum Gasteiger partial charge on any atom is -0.393 e. The van der Waals surface area contributed by atoms with Crippen LogP contribution in [0.2, 0.25) is 0 Å². The van der Waals surface area contributed by atoms with E-state index < -0.39 is 0 Å². The lowest BCUT2D eigenvalue weighted by Gasteiger charge is -2.27. The fraction of sp³-hybridized carbons (Fsp3) is 0.562. The highest BCUT2D eigenvalue weighted by molar-refractivity contribution is 5.80. The van der Waals surface area contributed by atoms with Gasteiger partial charge in [-0.05, 0) is 38.7 Å². The fourth-order valence-corrected chi connectivity index (χ4v) is 2.52. The van der Waals surface area contributed by atoms with Crippen LogP contribution in [0, 0.1) is 5.82 Å². The van der Waals surface area contributed by atoms with Gasteiger partial charge in [0, 0.05) is 18.2 Å². The Morgan fingerprint density at radius 2 is 2.00 bits per heavy atom. The van der Waals surface area contributed by atoms with Crippen molar-refractivity contribution in [1.82, 2.24) is 10.6 Å². The van der Waals surface area contributed by atoms with Gasteiger partial charge in [-0.3, -0.25) is 0 Å². The Labute approximate surface area is 125 Å². The standard InChI is InChI=1S/C16H24FN3O/c1-2-18-16(20-13-7-9-14(21)10-8-13)19-11-12-5-3-4-6-15(12)17/h3-6,13-14,21H,2,7-11H2,1H3,(H2,18,19,20). The minimum absolute atomic E-state index is 0.166. The van der Waals surface area contributed by atoms with Crippen LogP contribution >= 0.6 is 0 Å². The van der Waals surface area contributed by atoms with Crippen molar-refractivity contribution in [3.05, 3.63) is 35.6 Å². The van der Waals surface area contributed by atoms with Crippen molar-refractivity contribution < 1.29 is 9.50 Å². The van der Waals surface area contributed by atoms with E-state index >= 15 is 0 Å². The topological polar surface area (TPSA) is 56.7 Å². The van der Waals surface area contributed by atoms with Gasteiger partial charge in [-0.2, -0.15) is 0 Å². The van der Waals surface area contributed by atoms with Gasteiger partial charge in [0.15, 0.2) is 5.96 Å². The SMILES string of the molecule is CCNC(=NCc1ccccc1F)NC1CCC(O)CC1. The third-order valence-corrected chi connectivity index (χ3v) is 3.75. The zero-order valence-corrected chi connectivity index (χ0v) is 12.5. The molecule has 1 saturated carbocycles. The molecule has 0 heterocycles. The van der Waals surface area contributed by atoms with Crippen LogP contribution in [0.4, 0.5) is 4.39 Å². The van der Waals surface area contributed by atoms with E-state index in [9.17, 15) is 9.50 Å². The van der Waals surface area contributed by atoms with Gasteiger partial charge in [-0.15, -0.1) is 0 Å². The first kappa shape index (κ1) is 15.8. The van der Waals surface area contributed by atoms with Gasteiger partial charge in [0.2, 0.25) is 0 Å². The van der Waals surface area contributed by atoms with Gasteiger partial charge in [-0.1, -0.05) is 18.2 Å². The van der Waals surface area contributed by atoms with Crippen molar-refractivity contribution in [3.63, 3.8) is 0 Å². The van der Waals surface area contributed by atoms with E-state index in [4.69, 9.17) is 0 Å². The lowest BCUT2D eigenvalue weighted by atomic mass is 9.93. The number of hydrogen-bond donors (Lipinski definition) is 3. The van der Waals surface area contributed by atoms with Gasteiger partial charge in [0.25, 0.3) is 0 Å². The predicted molar refractivity (Wildman–Crippen MR) is 82.6 cm³/mol. The molecule has 0 aliphatic heterocycles. The number of aliphatic imine (C=N–C) groups is 1. The Balaban J connectivity index is 1.94. The normalized spacial score (nSPS) is 22.9. The van der Waals surface area contributed by atoms with Crippen LogP contribution in [0.3, 0.4) is 0 Å². The molecule has 1 aromatic carbocycles. The van der Waals surface area contributed by atoms with E-state index in [0.717, 1.165) is 32.2 Å². The smallest absolute Gasteiger partial charge is 0.191 e. The second-order valence-corrected chi connectivity index (χ2v) is 5.44. The van der Waals surface area contributed by atoms with Crippen molar-refractivity contribution in [1.29, 1.82) is 0 Å². The molecular formula is C16H24FN3O. The van der Waals surface area contributed by atoms with Crippen molar-refractivity contribution in [2.24, 2.45) is 4.99 Å². The fourth-order valence-electron chi connectivity index (χ4n) is 2.52. The Bertz CT molecular complexity index is 470. The highest BCUT2D eigenvalue weighted by Crippen LogP contribution is 2.18. The van der Waals surface area contributed by atoms with Gasteiger partial charge >= 0.3 is 0 Å². The number of aliphatic hydroxyl groups is 1. The van der Waals surface area contributed by atoms with Crippen LogP contribution < -0.4 is 10.6 Å². The second-order valence-electron chi connectivity index (χ2n) is 5.44. The Kier molecular flexibility index (Phi) is 5.99. The molecule has 0 saturated heterocycles. The first-order valence-electron chi connectivity index (χ1n) is 7.65. The van der Waals surface area contributed by atoms with Crippen molar-refractivity contribution >= 4 is 5.96 Å². The van der Waals surface area contributed by atoms with Gasteiger partial charge in [0.05, 0.1) is 12.6 Å². The molecular weight excluding hydrogens is 269 g/mol. The number of nitrogens with zero attached hydrogens (tertiary/aromatic N) is 1. The Morgan fingerprint density at radius 1 is 1.29 bits per heavy atom. The van der Waals surface area contributed by atoms with Crippen LogP contribution in [0.1, 0.15) is 38.2 Å². The number of halogens is 1. The summed E-state index contributed by atoms with van der Waals surface area (Å²) >= 11 is 0. The molecule has 0 unspecified atom stereocenters. The molecule has 1 aromatic rings. The molecule has 1 aliphatic carbocycles. The number of guanidine groups is 1. The van der Waals surface area contributed by atoms with Crippen LogP contribution in [0.25, 0.3) is 0 Å². The molecule has 1 aliphatic rings. The van der Waals surface area contributed by atoms with Gasteiger partial charge in [-0.25, -0.2) is 9.38 Å². The van der Waals surface area contributed by atoms with Crippen LogP contribution in [-0.2, 0) is 6.54 Å². The maximum Gasteiger partial charge on any atom is 0.191 e. The van der Waals surface area contributed by atoms with Crippen molar-refractivity contribution in [3.8, 4) is 0 Å². The number of rotatable bonds is 4. The van der Waals surface area contributed by atoms with E-state index in [1.807, 2.05) is 13.0 Å². The van der Waals surface area contributed by atoms with E-state index in [1.165, 1.54) is 6.07 Å². The van der Waals surface area contributed by atoms with Crippen molar-refractivity contribution in [2.75, 3.05) is 6.54 Å². The summed E-state index contributed by atoms with van der Waals surface area (Å²) in [6, 6.07) is 7.02. The molecule has 0 spiro atoms. The summed E-state index contributed by atoms with van der Waals surface area (Å²) < 4.78 is 13.6. The molecule has 0 atom stereocenters. The average Bonchev–Trinajstić information content (AvgIpc) is 2.49. The average molecular weight is 293 g/mol. The van der Waals surface area contributed by atoms with E-state index in [2.05, 4.69) is 15.6 Å². The first-order valence-corrected chi connectivity index (χ1v) is 7.65. The van der Waals surface area contributed by atoms with Crippen molar-refractivity contribution in [2.45, 2.75) is 51.3 Å². The van der Waals surface area contributed by atoms with E-state index in [0.29, 0.717) is 24.1 Å². The maximum atomic E-state index is 13.6. The molecule has 21 heavy (non-hydrogen) atoms. The van der Waals surface area contributed by atoms with E-state index in [1.54, 1.807) is 12.1 Å². The third-order valence-electron chi connectivity index (χ3n) is 3.75. The summed E-state index contributed by atoms with van der Waals surface area (Å²) in [5.74, 6) is 0.486. The zero-order valence-electron chi connectivity index (χ0n) is 12.5. The number of aliphatic hydroxyl groups excluding tert-OH is 1. The quantitative estimate of drug-likeness (QED) is 0.589. The number of benzene rings is 1. The molecule has 4 nitrogen and oxygen atoms in total. The molecule has 0 radical (unpaired) electrons. The van der Waals surface area contributed by atoms with Gasteiger partial charge < -0.3 is 15.7 Å². The molecule has 0 amide bonds. The van der Waals surface area contributed by atoms with E-state index in [-0.39, 0.29) is 11.9 Å². The minimum atomic E-state index is -0.224. The molecule has 0 aromatic heterocycles. The van der Waals surface area contributed by atoms with Crippen LogP contribution in [-0.4, -0.2) is 29.8 Å². The molecule has 2 rings (SSSR count). The lowest BCUT2D eigenvalue weighted by Crippen LogP contribution is -2.45. The highest BCUT2D eigenvalue weighted by Gasteiger charge is 2.19. The largest absolute Gasteiger partial charge is 0.393 e. The monoisotopic (exact) mass is 293 g/mol. The molecule has 116 valence electrons. The Hall–Kier alpha value is -1.62. The predicted octanol–water partition coefficient (Wildman–Crippen LogP) is 2.18. The summed E-state index contributed by atoms with van der Waals surface area (Å²) in [5, 5.41) is 16.1. The first-order chi connectivity index (χ1) is 10.2. The van der Waals surface area contributed by atoms with Gasteiger partial charge in [0.1, 0.15) is 5.82 Å². The molecule has 1 fully saturated rings.